The van der Waals surface area contributed by atoms with Gasteiger partial charge in [0, 0.05) is 37.3 Å². The lowest BCUT2D eigenvalue weighted by Gasteiger charge is -2.40. The van der Waals surface area contributed by atoms with Crippen LogP contribution in [-0.4, -0.2) is 147 Å². The number of carbonyl (C=O) groups is 2. The molecular weight excluding hydrogens is 923 g/mol. The van der Waals surface area contributed by atoms with Crippen molar-refractivity contribution in [3.05, 3.63) is 155 Å². The lowest BCUT2D eigenvalue weighted by molar-refractivity contribution is -0.285. The quantitative estimate of drug-likeness (QED) is 0.0378. The first-order valence-electron chi connectivity index (χ1n) is 25.1. The number of rotatable bonds is 25. The largest absolute Gasteiger partial charge is 0.445 e. The van der Waals surface area contributed by atoms with Gasteiger partial charge in [0.15, 0.2) is 12.6 Å². The van der Waals surface area contributed by atoms with Crippen LogP contribution in [0, 0.1) is 0 Å². The van der Waals surface area contributed by atoms with Gasteiger partial charge in [0.05, 0.1) is 25.4 Å². The zero-order valence-electron chi connectivity index (χ0n) is 40.9. The number of nitrogens with zero attached hydrogens (tertiary/aromatic N) is 2. The van der Waals surface area contributed by atoms with Crippen molar-refractivity contribution in [2.24, 2.45) is 5.73 Å². The second kappa shape index (κ2) is 27.1. The van der Waals surface area contributed by atoms with Crippen molar-refractivity contribution in [3.63, 3.8) is 0 Å². The maximum atomic E-state index is 14.2. The van der Waals surface area contributed by atoms with Crippen LogP contribution in [-0.2, 0) is 47.9 Å². The van der Waals surface area contributed by atoms with Crippen molar-refractivity contribution in [1.82, 2.24) is 9.80 Å². The van der Waals surface area contributed by atoms with Gasteiger partial charge in [-0.25, -0.2) is 4.79 Å². The molecule has 2 aliphatic heterocycles. The highest BCUT2D eigenvalue weighted by Crippen LogP contribution is 2.31. The first-order chi connectivity index (χ1) is 34.9. The van der Waals surface area contributed by atoms with Crippen LogP contribution in [0.15, 0.2) is 127 Å². The zero-order valence-corrected chi connectivity index (χ0v) is 40.9. The van der Waals surface area contributed by atoms with Gasteiger partial charge < -0.3 is 60.1 Å². The Morgan fingerprint density at radius 3 is 1.62 bits per heavy atom. The van der Waals surface area contributed by atoms with E-state index in [-0.39, 0.29) is 58.8 Å². The summed E-state index contributed by atoms with van der Waals surface area (Å²) < 4.78 is 29.2. The van der Waals surface area contributed by atoms with Gasteiger partial charge in [0.1, 0.15) is 49.3 Å². The van der Waals surface area contributed by atoms with Gasteiger partial charge in [0.25, 0.3) is 0 Å². The van der Waals surface area contributed by atoms with Crippen molar-refractivity contribution >= 4 is 22.8 Å². The highest BCUT2D eigenvalue weighted by molar-refractivity contribution is 5.89. The lowest BCUT2D eigenvalue weighted by Crippen LogP contribution is -2.56. The number of carbonyl (C=O) groups excluding carboxylic acids is 2. The van der Waals surface area contributed by atoms with Crippen LogP contribution in [0.25, 0.3) is 10.8 Å². The molecule has 2 unspecified atom stereocenters. The molecule has 2 heterocycles. The minimum Gasteiger partial charge on any atom is -0.445 e. The molecule has 72 heavy (non-hydrogen) atoms. The minimum absolute atomic E-state index is 0.0271. The number of ether oxygens (including phenoxy) is 5. The number of amides is 2. The van der Waals surface area contributed by atoms with Gasteiger partial charge in [-0.3, -0.25) is 14.6 Å². The normalized spacial score (nSPS) is 22.4. The van der Waals surface area contributed by atoms with Crippen LogP contribution in [0.1, 0.15) is 79.4 Å². The Hall–Kier alpha value is -5.34. The van der Waals surface area contributed by atoms with E-state index >= 15 is 0 Å². The third-order valence-electron chi connectivity index (χ3n) is 13.5. The van der Waals surface area contributed by atoms with Crippen molar-refractivity contribution in [2.45, 2.75) is 126 Å². The van der Waals surface area contributed by atoms with Gasteiger partial charge in [0.2, 0.25) is 5.91 Å². The van der Waals surface area contributed by atoms with Crippen LogP contribution in [0.3, 0.4) is 0 Å². The molecule has 0 radical (unpaired) electrons. The Bertz CT molecular complexity index is 2340. The fraction of sp³-hybridized carbons (Fsp3) is 0.464. The third kappa shape index (κ3) is 14.7. The van der Waals surface area contributed by atoms with E-state index in [1.807, 2.05) is 54.6 Å². The van der Waals surface area contributed by atoms with E-state index < -0.39 is 79.5 Å². The van der Waals surface area contributed by atoms with E-state index in [4.69, 9.17) is 29.4 Å². The Balaban J connectivity index is 1.10. The predicted octanol–water partition coefficient (Wildman–Crippen LogP) is 5.08. The molecule has 0 aromatic heterocycles. The summed E-state index contributed by atoms with van der Waals surface area (Å²) in [6, 6.07) is 38.3. The predicted molar refractivity (Wildman–Crippen MR) is 269 cm³/mol. The van der Waals surface area contributed by atoms with Crippen molar-refractivity contribution in [2.75, 3.05) is 39.4 Å². The lowest BCUT2D eigenvalue weighted by atomic mass is 9.93. The molecule has 5 aromatic carbocycles. The number of hydrogen-bond acceptors (Lipinski definition) is 14. The molecule has 16 heteroatoms. The van der Waals surface area contributed by atoms with E-state index in [1.165, 1.54) is 10.5 Å². The second-order valence-electron chi connectivity index (χ2n) is 18.8. The van der Waals surface area contributed by atoms with Crippen LogP contribution >= 0.6 is 0 Å². The molecule has 2 aliphatic rings. The number of primary amides is 1. The molecule has 388 valence electrons. The van der Waals surface area contributed by atoms with E-state index in [0.29, 0.717) is 17.5 Å². The van der Waals surface area contributed by atoms with Gasteiger partial charge in [-0.1, -0.05) is 147 Å². The number of aryl methyl sites for hydroxylation is 2. The highest BCUT2D eigenvalue weighted by Gasteiger charge is 2.42. The maximum Gasteiger partial charge on any atom is 0.410 e. The van der Waals surface area contributed by atoms with Crippen LogP contribution in [0.4, 0.5) is 4.79 Å². The summed E-state index contributed by atoms with van der Waals surface area (Å²) in [5.41, 5.74) is 10.4. The van der Waals surface area contributed by atoms with Gasteiger partial charge in [-0.05, 0) is 59.6 Å². The summed E-state index contributed by atoms with van der Waals surface area (Å²) in [4.78, 5) is 30.5. The van der Waals surface area contributed by atoms with Crippen LogP contribution in [0.5, 0.6) is 0 Å². The van der Waals surface area contributed by atoms with Crippen molar-refractivity contribution in [1.29, 1.82) is 0 Å². The molecule has 2 amide bonds. The number of hydrogen-bond donors (Lipinski definition) is 7. The fourth-order valence-electron chi connectivity index (χ4n) is 9.54. The van der Waals surface area contributed by atoms with Crippen LogP contribution in [0.2, 0.25) is 0 Å². The molecule has 7 rings (SSSR count). The zero-order chi connectivity index (χ0) is 51.0. The van der Waals surface area contributed by atoms with Crippen LogP contribution < -0.4 is 5.73 Å². The summed E-state index contributed by atoms with van der Waals surface area (Å²) in [6.07, 6.45) is -9.29. The third-order valence-corrected chi connectivity index (χ3v) is 13.5. The molecule has 8 N–H and O–H groups in total. The second-order valence-corrected chi connectivity index (χ2v) is 18.8. The average molecular weight is 994 g/mol. The Morgan fingerprint density at radius 2 is 1.12 bits per heavy atom. The smallest absolute Gasteiger partial charge is 0.410 e. The standard InChI is InChI=1S/C56H71N3O13/c1-2-3-7-19-38-26-27-39(43-25-15-14-24-42(38)43)28-29-44(53(57)66)59(56(67)70-34-37-17-8-4-9-18-37)31-16-30-58(32-45(60)49(64)51-47(62)35-68-54(71-51)40-20-10-5-11-21-40)33-46(61)50(65)52-48(63)36-69-55(72-52)41-22-12-6-13-23-41/h4-6,8-15,17-18,20-27,44-52,54-55,60-65H,2-3,7,16,19,28-36H2,1H3,(H2,57,66)/t44-,45-,46-,47+,48+,49+,50+,51+,52+,54?,55?/m0/s1. The summed E-state index contributed by atoms with van der Waals surface area (Å²) in [5, 5.41) is 70.6. The van der Waals surface area contributed by atoms with Crippen molar-refractivity contribution in [3.8, 4) is 0 Å². The van der Waals surface area contributed by atoms with E-state index in [1.54, 1.807) is 53.4 Å². The SMILES string of the molecule is CCCCCc1ccc(CC[C@@H](C(N)=O)N(CCCN(C[C@H](O)[C@@H](O)[C@@H]2OC(c3ccccc3)OC[C@H]2O)C[C@H](O)[C@@H](O)[C@@H]2OC(c3ccccc3)OC[C@H]2O)C(=O)OCc2ccccc2)c2ccccc12. The summed E-state index contributed by atoms with van der Waals surface area (Å²) >= 11 is 0. The number of nitrogens with two attached hydrogens (primary N) is 1. The molecule has 0 aliphatic carbocycles. The number of fused-ring (bicyclic) bond motifs is 1. The summed E-state index contributed by atoms with van der Waals surface area (Å²) in [7, 11) is 0. The molecule has 0 saturated carbocycles. The molecule has 2 saturated heterocycles. The minimum atomic E-state index is -1.66. The Kier molecular flexibility index (Phi) is 20.5. The van der Waals surface area contributed by atoms with E-state index in [2.05, 4.69) is 31.2 Å². The summed E-state index contributed by atoms with van der Waals surface area (Å²) in [6.45, 7) is 1.07. The highest BCUT2D eigenvalue weighted by atomic mass is 16.7. The number of aliphatic hydroxyl groups excluding tert-OH is 6. The molecule has 2 fully saturated rings. The van der Waals surface area contributed by atoms with Crippen molar-refractivity contribution < 1.29 is 63.9 Å². The molecular formula is C56H71N3O13. The first-order valence-corrected chi connectivity index (χ1v) is 25.1. The Morgan fingerprint density at radius 1 is 0.639 bits per heavy atom. The number of aliphatic hydroxyl groups is 6. The average Bonchev–Trinajstić information content (AvgIpc) is 3.40. The first kappa shape index (κ1) is 54.4. The number of unbranched alkanes of at least 4 members (excludes halogenated alkanes) is 2. The molecule has 0 bridgehead atoms. The monoisotopic (exact) mass is 993 g/mol. The fourth-order valence-corrected chi connectivity index (χ4v) is 9.54. The van der Waals surface area contributed by atoms with Gasteiger partial charge in [-0.2, -0.15) is 0 Å². The molecule has 11 atom stereocenters. The topological polar surface area (TPSA) is 234 Å². The molecule has 0 spiro atoms. The molecule has 5 aromatic rings. The van der Waals surface area contributed by atoms with E-state index in [0.717, 1.165) is 47.6 Å². The van der Waals surface area contributed by atoms with Gasteiger partial charge >= 0.3 is 6.09 Å². The molecule has 16 nitrogen and oxygen atoms in total. The van der Waals surface area contributed by atoms with Gasteiger partial charge in [-0.15, -0.1) is 0 Å². The number of benzene rings is 5. The van der Waals surface area contributed by atoms with E-state index in [9.17, 15) is 40.2 Å². The maximum absolute atomic E-state index is 14.2. The summed E-state index contributed by atoms with van der Waals surface area (Å²) in [5.74, 6) is -0.728. The Labute approximate surface area is 421 Å².